The Balaban J connectivity index is 2.79. The number of halogens is 1. The molecule has 0 spiro atoms. The van der Waals surface area contributed by atoms with Crippen molar-refractivity contribution < 1.29 is 14.5 Å². The molecule has 116 valence electrons. The largest absolute Gasteiger partial charge is 0.468 e. The van der Waals surface area contributed by atoms with E-state index in [0.29, 0.717) is 23.4 Å². The lowest BCUT2D eigenvalue weighted by Crippen LogP contribution is -2.38. The Bertz CT molecular complexity index is 520. The number of nitro benzene ring substituents is 1. The minimum Gasteiger partial charge on any atom is -0.468 e. The summed E-state index contributed by atoms with van der Waals surface area (Å²) in [6.07, 6.45) is 0.642. The highest BCUT2D eigenvalue weighted by Gasteiger charge is 2.20. The predicted octanol–water partition coefficient (Wildman–Crippen LogP) is 3.03. The molecule has 0 radical (unpaired) electrons. The van der Waals surface area contributed by atoms with Gasteiger partial charge in [-0.3, -0.25) is 14.9 Å². The molecule has 0 aliphatic heterocycles. The molecular formula is C14H19BrN2O4. The number of nitrogens with zero attached hydrogens (tertiary/aromatic N) is 1. The van der Waals surface area contributed by atoms with Gasteiger partial charge in [0.25, 0.3) is 5.69 Å². The smallest absolute Gasteiger partial charge is 0.322 e. The Morgan fingerprint density at radius 3 is 2.62 bits per heavy atom. The molecule has 21 heavy (non-hydrogen) atoms. The van der Waals surface area contributed by atoms with Gasteiger partial charge >= 0.3 is 5.97 Å². The Labute approximate surface area is 132 Å². The van der Waals surface area contributed by atoms with Gasteiger partial charge in [0.1, 0.15) is 6.04 Å². The zero-order chi connectivity index (χ0) is 16.0. The summed E-state index contributed by atoms with van der Waals surface area (Å²) >= 11 is 3.25. The molecule has 0 saturated heterocycles. The first-order valence-electron chi connectivity index (χ1n) is 6.58. The van der Waals surface area contributed by atoms with Gasteiger partial charge in [-0.25, -0.2) is 0 Å². The summed E-state index contributed by atoms with van der Waals surface area (Å²) in [7, 11) is 1.35. The minimum absolute atomic E-state index is 0.0136. The van der Waals surface area contributed by atoms with Crippen molar-refractivity contribution in [2.75, 3.05) is 7.11 Å². The Hall–Kier alpha value is -1.47. The Morgan fingerprint density at radius 2 is 2.10 bits per heavy atom. The average Bonchev–Trinajstić information content (AvgIpc) is 2.41. The van der Waals surface area contributed by atoms with Crippen molar-refractivity contribution >= 4 is 27.6 Å². The van der Waals surface area contributed by atoms with Crippen LogP contribution >= 0.6 is 15.9 Å². The fourth-order valence-corrected chi connectivity index (χ4v) is 2.49. The number of benzene rings is 1. The van der Waals surface area contributed by atoms with Crippen LogP contribution in [0.3, 0.4) is 0 Å². The molecule has 0 aliphatic carbocycles. The quantitative estimate of drug-likeness (QED) is 0.460. The molecule has 0 aromatic heterocycles. The van der Waals surface area contributed by atoms with E-state index >= 15 is 0 Å². The number of non-ortho nitro benzene ring substituents is 1. The normalized spacial score (nSPS) is 12.2. The van der Waals surface area contributed by atoms with Crippen molar-refractivity contribution in [1.82, 2.24) is 5.32 Å². The van der Waals surface area contributed by atoms with E-state index < -0.39 is 11.0 Å². The maximum absolute atomic E-state index is 11.7. The van der Waals surface area contributed by atoms with Gasteiger partial charge in [0.15, 0.2) is 0 Å². The molecule has 1 N–H and O–H groups in total. The molecule has 7 heteroatoms. The molecule has 1 unspecified atom stereocenters. The Kier molecular flexibility index (Phi) is 6.77. The first-order chi connectivity index (χ1) is 9.83. The van der Waals surface area contributed by atoms with Crippen molar-refractivity contribution in [2.45, 2.75) is 32.9 Å². The van der Waals surface area contributed by atoms with E-state index in [1.54, 1.807) is 6.07 Å². The number of methoxy groups -OCH3 is 1. The van der Waals surface area contributed by atoms with Crippen LogP contribution in [0.5, 0.6) is 0 Å². The summed E-state index contributed by atoms with van der Waals surface area (Å²) in [6, 6.07) is 4.29. The number of rotatable bonds is 7. The van der Waals surface area contributed by atoms with Gasteiger partial charge in [-0.2, -0.15) is 0 Å². The maximum Gasteiger partial charge on any atom is 0.322 e. The summed E-state index contributed by atoms with van der Waals surface area (Å²) in [4.78, 5) is 22.1. The van der Waals surface area contributed by atoms with Gasteiger partial charge in [0.05, 0.1) is 12.0 Å². The van der Waals surface area contributed by atoms with Crippen LogP contribution in [0.2, 0.25) is 0 Å². The number of nitro groups is 1. The van der Waals surface area contributed by atoms with Gasteiger partial charge in [-0.1, -0.05) is 29.8 Å². The van der Waals surface area contributed by atoms with Crippen molar-refractivity contribution in [3.63, 3.8) is 0 Å². The number of esters is 1. The van der Waals surface area contributed by atoms with Crippen LogP contribution in [-0.2, 0) is 16.1 Å². The minimum atomic E-state index is -0.444. The lowest BCUT2D eigenvalue weighted by Gasteiger charge is -2.18. The number of carbonyl (C=O) groups is 1. The zero-order valence-electron chi connectivity index (χ0n) is 12.3. The van der Waals surface area contributed by atoms with Crippen molar-refractivity contribution in [3.8, 4) is 0 Å². The third-order valence-electron chi connectivity index (χ3n) is 2.90. The maximum atomic E-state index is 11.7. The van der Waals surface area contributed by atoms with E-state index in [9.17, 15) is 14.9 Å². The van der Waals surface area contributed by atoms with Gasteiger partial charge < -0.3 is 10.1 Å². The van der Waals surface area contributed by atoms with Crippen molar-refractivity contribution in [1.29, 1.82) is 0 Å². The van der Waals surface area contributed by atoms with E-state index in [0.717, 1.165) is 5.56 Å². The van der Waals surface area contributed by atoms with E-state index in [1.165, 1.54) is 19.2 Å². The number of hydrogen-bond donors (Lipinski definition) is 1. The Morgan fingerprint density at radius 1 is 1.43 bits per heavy atom. The summed E-state index contributed by atoms with van der Waals surface area (Å²) in [5, 5.41) is 13.9. The monoisotopic (exact) mass is 358 g/mol. The molecule has 1 atom stereocenters. The predicted molar refractivity (Wildman–Crippen MR) is 82.9 cm³/mol. The van der Waals surface area contributed by atoms with Crippen LogP contribution in [0.25, 0.3) is 0 Å². The molecule has 0 amide bonds. The lowest BCUT2D eigenvalue weighted by molar-refractivity contribution is -0.385. The van der Waals surface area contributed by atoms with Crippen LogP contribution in [0.4, 0.5) is 5.69 Å². The highest BCUT2D eigenvalue weighted by molar-refractivity contribution is 9.10. The van der Waals surface area contributed by atoms with Crippen LogP contribution in [0.1, 0.15) is 25.8 Å². The van der Waals surface area contributed by atoms with Gasteiger partial charge in [0, 0.05) is 23.2 Å². The molecule has 0 saturated carbocycles. The highest BCUT2D eigenvalue weighted by atomic mass is 79.9. The number of hydrogen-bond acceptors (Lipinski definition) is 5. The first kappa shape index (κ1) is 17.6. The van der Waals surface area contributed by atoms with Crippen LogP contribution in [-0.4, -0.2) is 24.0 Å². The van der Waals surface area contributed by atoms with E-state index in [2.05, 4.69) is 21.2 Å². The molecule has 6 nitrogen and oxygen atoms in total. The van der Waals surface area contributed by atoms with Crippen molar-refractivity contribution in [2.24, 2.45) is 5.92 Å². The number of ether oxygens (including phenoxy) is 1. The van der Waals surface area contributed by atoms with Crippen LogP contribution < -0.4 is 5.32 Å². The fraction of sp³-hybridized carbons (Fsp3) is 0.500. The summed E-state index contributed by atoms with van der Waals surface area (Å²) in [5.74, 6) is 0.00615. The second kappa shape index (κ2) is 8.09. The van der Waals surface area contributed by atoms with E-state index in [4.69, 9.17) is 4.74 Å². The standard InChI is InChI=1S/C14H19BrN2O4/c1-9(2)4-13(14(18)21-3)16-8-10-5-11(15)7-12(6-10)17(19)20/h5-7,9,13,16H,4,8H2,1-3H3. The third kappa shape index (κ3) is 5.81. The molecule has 0 heterocycles. The second-order valence-corrected chi connectivity index (χ2v) is 6.08. The summed E-state index contributed by atoms with van der Waals surface area (Å²) in [6.45, 7) is 4.38. The molecule has 0 fully saturated rings. The SMILES string of the molecule is COC(=O)C(CC(C)C)NCc1cc(Br)cc([N+](=O)[O-])c1. The molecule has 0 aliphatic rings. The second-order valence-electron chi connectivity index (χ2n) is 5.16. The molecular weight excluding hydrogens is 340 g/mol. The zero-order valence-corrected chi connectivity index (χ0v) is 13.8. The first-order valence-corrected chi connectivity index (χ1v) is 7.37. The summed E-state index contributed by atoms with van der Waals surface area (Å²) < 4.78 is 5.40. The average molecular weight is 359 g/mol. The third-order valence-corrected chi connectivity index (χ3v) is 3.36. The van der Waals surface area contributed by atoms with Gasteiger partial charge in [-0.05, 0) is 24.0 Å². The highest BCUT2D eigenvalue weighted by Crippen LogP contribution is 2.21. The van der Waals surface area contributed by atoms with E-state index in [1.807, 2.05) is 13.8 Å². The topological polar surface area (TPSA) is 81.5 Å². The fourth-order valence-electron chi connectivity index (χ4n) is 1.96. The summed E-state index contributed by atoms with van der Waals surface area (Å²) in [5.41, 5.74) is 0.744. The van der Waals surface area contributed by atoms with Gasteiger partial charge in [0.2, 0.25) is 0 Å². The molecule has 1 rings (SSSR count). The number of carbonyl (C=O) groups excluding carboxylic acids is 1. The van der Waals surface area contributed by atoms with Crippen LogP contribution in [0, 0.1) is 16.0 Å². The van der Waals surface area contributed by atoms with Crippen molar-refractivity contribution in [3.05, 3.63) is 38.3 Å². The van der Waals surface area contributed by atoms with Crippen LogP contribution in [0.15, 0.2) is 22.7 Å². The molecule has 1 aromatic rings. The number of nitrogens with one attached hydrogen (secondary N) is 1. The lowest BCUT2D eigenvalue weighted by atomic mass is 10.0. The van der Waals surface area contributed by atoms with E-state index in [-0.39, 0.29) is 11.7 Å². The van der Waals surface area contributed by atoms with Gasteiger partial charge in [-0.15, -0.1) is 0 Å². The molecule has 1 aromatic carbocycles. The molecule has 0 bridgehead atoms.